The van der Waals surface area contributed by atoms with Gasteiger partial charge in [-0.05, 0) is 93.9 Å². The summed E-state index contributed by atoms with van der Waals surface area (Å²) in [4.78, 5) is 28.5. The molecule has 0 radical (unpaired) electrons. The Morgan fingerprint density at radius 1 is 0.818 bits per heavy atom. The van der Waals surface area contributed by atoms with Gasteiger partial charge in [0.2, 0.25) is 11.8 Å². The standard InChI is InChI=1S/C34H36FN3O5S/c1-25(33(40)36-34(2,3)4)37(23-26-15-17-27(35)18-16-26)32(39)24-38(44(41,42)31-13-9-6-10-14-31)28-19-21-30(22-20-28)43-29-11-7-5-8-12-29/h5-22,25H,23-24H2,1-4H3,(H,36,40). The number of carbonyl (C=O) groups is 2. The first-order valence-corrected chi connectivity index (χ1v) is 15.5. The molecule has 230 valence electrons. The molecule has 8 nitrogen and oxygen atoms in total. The van der Waals surface area contributed by atoms with Gasteiger partial charge in [0, 0.05) is 12.1 Å². The molecule has 0 aliphatic heterocycles. The van der Waals surface area contributed by atoms with E-state index < -0.39 is 45.8 Å². The Morgan fingerprint density at radius 2 is 1.36 bits per heavy atom. The summed E-state index contributed by atoms with van der Waals surface area (Å²) < 4.78 is 48.4. The predicted octanol–water partition coefficient (Wildman–Crippen LogP) is 6.15. The fourth-order valence-corrected chi connectivity index (χ4v) is 5.83. The van der Waals surface area contributed by atoms with Crippen LogP contribution in [0.25, 0.3) is 0 Å². The third kappa shape index (κ3) is 8.44. The van der Waals surface area contributed by atoms with Crippen molar-refractivity contribution < 1.29 is 27.1 Å². The van der Waals surface area contributed by atoms with Crippen molar-refractivity contribution in [3.63, 3.8) is 0 Å². The highest BCUT2D eigenvalue weighted by Gasteiger charge is 2.33. The van der Waals surface area contributed by atoms with Gasteiger partial charge >= 0.3 is 0 Å². The van der Waals surface area contributed by atoms with Crippen LogP contribution in [0.1, 0.15) is 33.3 Å². The monoisotopic (exact) mass is 617 g/mol. The van der Waals surface area contributed by atoms with Crippen molar-refractivity contribution in [3.05, 3.63) is 121 Å². The second-order valence-electron chi connectivity index (χ2n) is 11.3. The van der Waals surface area contributed by atoms with Crippen LogP contribution in [0.2, 0.25) is 0 Å². The molecule has 0 bridgehead atoms. The molecule has 2 amide bonds. The maximum Gasteiger partial charge on any atom is 0.264 e. The number of nitrogens with one attached hydrogen (secondary N) is 1. The highest BCUT2D eigenvalue weighted by atomic mass is 32.2. The molecule has 1 atom stereocenters. The Morgan fingerprint density at radius 3 is 1.93 bits per heavy atom. The molecular formula is C34H36FN3O5S. The minimum absolute atomic E-state index is 0.000945. The molecule has 44 heavy (non-hydrogen) atoms. The Kier molecular flexibility index (Phi) is 10.1. The van der Waals surface area contributed by atoms with E-state index in [0.717, 1.165) is 4.31 Å². The van der Waals surface area contributed by atoms with Gasteiger partial charge in [-0.1, -0.05) is 48.5 Å². The average molecular weight is 618 g/mol. The SMILES string of the molecule is CC(C(=O)NC(C)(C)C)N(Cc1ccc(F)cc1)C(=O)CN(c1ccc(Oc2ccccc2)cc1)S(=O)(=O)c1ccccc1. The van der Waals surface area contributed by atoms with E-state index in [1.165, 1.54) is 41.3 Å². The van der Waals surface area contributed by atoms with Crippen LogP contribution in [0, 0.1) is 5.82 Å². The summed E-state index contributed by atoms with van der Waals surface area (Å²) in [6.45, 7) is 6.41. The number of para-hydroxylation sites is 1. The van der Waals surface area contributed by atoms with Gasteiger partial charge in [0.15, 0.2) is 0 Å². The fraction of sp³-hybridized carbons (Fsp3) is 0.235. The highest BCUT2D eigenvalue weighted by molar-refractivity contribution is 7.92. The first-order chi connectivity index (χ1) is 20.8. The van der Waals surface area contributed by atoms with Crippen molar-refractivity contribution in [2.45, 2.75) is 50.7 Å². The third-order valence-electron chi connectivity index (χ3n) is 6.65. The summed E-state index contributed by atoms with van der Waals surface area (Å²) in [5.74, 6) is -0.371. The number of hydrogen-bond donors (Lipinski definition) is 1. The van der Waals surface area contributed by atoms with E-state index in [1.807, 2.05) is 39.0 Å². The van der Waals surface area contributed by atoms with Crippen molar-refractivity contribution in [1.29, 1.82) is 0 Å². The van der Waals surface area contributed by atoms with Crippen molar-refractivity contribution in [1.82, 2.24) is 10.2 Å². The number of ether oxygens (including phenoxy) is 1. The van der Waals surface area contributed by atoms with Crippen molar-refractivity contribution in [2.24, 2.45) is 0 Å². The third-order valence-corrected chi connectivity index (χ3v) is 8.43. The van der Waals surface area contributed by atoms with Crippen LogP contribution < -0.4 is 14.4 Å². The van der Waals surface area contributed by atoms with Gasteiger partial charge in [0.25, 0.3) is 10.0 Å². The van der Waals surface area contributed by atoms with E-state index in [2.05, 4.69) is 5.32 Å². The van der Waals surface area contributed by atoms with E-state index in [9.17, 15) is 22.4 Å². The van der Waals surface area contributed by atoms with E-state index in [4.69, 9.17) is 4.74 Å². The molecule has 0 aliphatic carbocycles. The largest absolute Gasteiger partial charge is 0.457 e. The van der Waals surface area contributed by atoms with Gasteiger partial charge in [-0.2, -0.15) is 0 Å². The van der Waals surface area contributed by atoms with Crippen molar-refractivity contribution in [2.75, 3.05) is 10.8 Å². The lowest BCUT2D eigenvalue weighted by Gasteiger charge is -2.33. The maximum absolute atomic E-state index is 14.0. The predicted molar refractivity (Wildman–Crippen MR) is 168 cm³/mol. The Balaban J connectivity index is 1.69. The number of carbonyl (C=O) groups excluding carboxylic acids is 2. The van der Waals surface area contributed by atoms with Crippen LogP contribution in [0.5, 0.6) is 11.5 Å². The molecule has 10 heteroatoms. The summed E-state index contributed by atoms with van der Waals surface area (Å²) >= 11 is 0. The van der Waals surface area contributed by atoms with Crippen molar-refractivity contribution >= 4 is 27.5 Å². The molecule has 0 fully saturated rings. The summed E-state index contributed by atoms with van der Waals surface area (Å²) in [6.07, 6.45) is 0. The fourth-order valence-electron chi connectivity index (χ4n) is 4.40. The van der Waals surface area contributed by atoms with Crippen LogP contribution in [0.4, 0.5) is 10.1 Å². The number of sulfonamides is 1. The lowest BCUT2D eigenvalue weighted by Crippen LogP contribution is -2.54. The molecule has 1 N–H and O–H groups in total. The lowest BCUT2D eigenvalue weighted by molar-refractivity contribution is -0.140. The normalized spacial score (nSPS) is 12.2. The molecule has 0 heterocycles. The summed E-state index contributed by atoms with van der Waals surface area (Å²) in [6, 6.07) is 27.9. The zero-order valence-electron chi connectivity index (χ0n) is 25.1. The number of halogens is 1. The molecule has 4 rings (SSSR count). The first-order valence-electron chi connectivity index (χ1n) is 14.1. The molecule has 0 saturated carbocycles. The molecule has 0 saturated heterocycles. The van der Waals surface area contributed by atoms with Gasteiger partial charge < -0.3 is 15.0 Å². The topological polar surface area (TPSA) is 96.0 Å². The molecule has 0 aliphatic rings. The van der Waals surface area contributed by atoms with E-state index in [-0.39, 0.29) is 17.1 Å². The molecule has 1 unspecified atom stereocenters. The Hall–Kier alpha value is -4.70. The van der Waals surface area contributed by atoms with Gasteiger partial charge in [-0.25, -0.2) is 12.8 Å². The summed E-state index contributed by atoms with van der Waals surface area (Å²) in [7, 11) is -4.21. The van der Waals surface area contributed by atoms with Crippen LogP contribution in [-0.4, -0.2) is 43.3 Å². The maximum atomic E-state index is 14.0. The number of benzene rings is 4. The molecule has 0 aromatic heterocycles. The number of nitrogens with zero attached hydrogens (tertiary/aromatic N) is 2. The average Bonchev–Trinajstić information content (AvgIpc) is 2.99. The van der Waals surface area contributed by atoms with E-state index in [1.54, 1.807) is 61.5 Å². The zero-order chi connectivity index (χ0) is 31.9. The second-order valence-corrected chi connectivity index (χ2v) is 13.2. The summed E-state index contributed by atoms with van der Waals surface area (Å²) in [5.41, 5.74) is 0.244. The number of hydrogen-bond acceptors (Lipinski definition) is 5. The van der Waals surface area contributed by atoms with Gasteiger partial charge in [0.05, 0.1) is 10.6 Å². The molecule has 0 spiro atoms. The minimum Gasteiger partial charge on any atom is -0.457 e. The highest BCUT2D eigenvalue weighted by Crippen LogP contribution is 2.28. The van der Waals surface area contributed by atoms with Crippen LogP contribution in [0.3, 0.4) is 0 Å². The smallest absolute Gasteiger partial charge is 0.264 e. The van der Waals surface area contributed by atoms with Crippen LogP contribution in [0.15, 0.2) is 114 Å². The van der Waals surface area contributed by atoms with Crippen LogP contribution >= 0.6 is 0 Å². The van der Waals surface area contributed by atoms with E-state index >= 15 is 0 Å². The van der Waals surface area contributed by atoms with Gasteiger partial charge in [-0.15, -0.1) is 0 Å². The molecule has 4 aromatic carbocycles. The lowest BCUT2D eigenvalue weighted by atomic mass is 10.1. The second kappa shape index (κ2) is 13.7. The molecular weight excluding hydrogens is 581 g/mol. The number of anilines is 1. The number of rotatable bonds is 11. The van der Waals surface area contributed by atoms with Gasteiger partial charge in [0.1, 0.15) is 29.9 Å². The number of amides is 2. The van der Waals surface area contributed by atoms with Crippen LogP contribution in [-0.2, 0) is 26.2 Å². The minimum atomic E-state index is -4.21. The molecule has 4 aromatic rings. The van der Waals surface area contributed by atoms with Crippen molar-refractivity contribution in [3.8, 4) is 11.5 Å². The summed E-state index contributed by atoms with van der Waals surface area (Å²) in [5, 5.41) is 2.88. The Bertz CT molecular complexity index is 1660. The van der Waals surface area contributed by atoms with Gasteiger partial charge in [-0.3, -0.25) is 13.9 Å². The first kappa shape index (κ1) is 32.2. The van der Waals surface area contributed by atoms with E-state index in [0.29, 0.717) is 17.1 Å². The quantitative estimate of drug-likeness (QED) is 0.218. The zero-order valence-corrected chi connectivity index (χ0v) is 25.9. The Labute approximate surface area is 258 Å².